The van der Waals surface area contributed by atoms with Crippen molar-refractivity contribution in [3.8, 4) is 0 Å². The number of nitrogens with two attached hydrogens (primary N) is 1. The van der Waals surface area contributed by atoms with Gasteiger partial charge in [-0.25, -0.2) is 0 Å². The number of aromatic nitrogens is 1. The Kier molecular flexibility index (Phi) is 4.18. The second kappa shape index (κ2) is 5.30. The fraction of sp³-hybridized carbons (Fsp3) is 0.643. The third-order valence-corrected chi connectivity index (χ3v) is 4.39. The van der Waals surface area contributed by atoms with Crippen molar-refractivity contribution >= 4 is 24.3 Å². The molecule has 2 heterocycles. The van der Waals surface area contributed by atoms with Crippen LogP contribution in [0.25, 0.3) is 0 Å². The Morgan fingerprint density at radius 3 is 2.35 bits per heavy atom. The van der Waals surface area contributed by atoms with Crippen LogP contribution < -0.4 is 11.3 Å². The first-order chi connectivity index (χ1) is 9.14. The van der Waals surface area contributed by atoms with E-state index in [2.05, 4.69) is 4.98 Å². The van der Waals surface area contributed by atoms with Gasteiger partial charge in [0.2, 0.25) is 0 Å². The first-order valence-electron chi connectivity index (χ1n) is 6.88. The Bertz CT molecular complexity index is 490. The molecule has 2 rings (SSSR count). The molecule has 1 unspecified atom stereocenters. The molecule has 6 heteroatoms. The monoisotopic (exact) mass is 296 g/mol. The van der Waals surface area contributed by atoms with Crippen LogP contribution in [0.3, 0.4) is 0 Å². The van der Waals surface area contributed by atoms with Crippen LogP contribution in [0.5, 0.6) is 0 Å². The minimum atomic E-state index is -0.507. The molecule has 1 aromatic heterocycles. The van der Waals surface area contributed by atoms with Gasteiger partial charge in [0.05, 0.1) is 16.8 Å². The Morgan fingerprint density at radius 1 is 1.30 bits per heavy atom. The lowest BCUT2D eigenvalue weighted by Gasteiger charge is -2.32. The molecule has 1 saturated heterocycles. The van der Waals surface area contributed by atoms with Crippen LogP contribution in [0.4, 0.5) is 0 Å². The van der Waals surface area contributed by atoms with Crippen LogP contribution in [-0.2, 0) is 15.7 Å². The minimum Gasteiger partial charge on any atom is -0.398 e. The van der Waals surface area contributed by atoms with Gasteiger partial charge in [-0.15, -0.1) is 0 Å². The molecule has 110 valence electrons. The maximum atomic E-state index is 6.29. The van der Waals surface area contributed by atoms with Crippen LogP contribution in [0.1, 0.15) is 40.2 Å². The number of rotatable bonds is 3. The van der Waals surface area contributed by atoms with Crippen LogP contribution in [0.15, 0.2) is 12.3 Å². The zero-order valence-corrected chi connectivity index (χ0v) is 13.5. The van der Waals surface area contributed by atoms with Crippen molar-refractivity contribution in [2.24, 2.45) is 5.73 Å². The van der Waals surface area contributed by atoms with E-state index in [4.69, 9.17) is 26.6 Å². The number of pyridine rings is 1. The summed E-state index contributed by atoms with van der Waals surface area (Å²) in [6.45, 7) is 10.0. The normalized spacial score (nSPS) is 22.1. The van der Waals surface area contributed by atoms with E-state index in [1.807, 2.05) is 34.6 Å². The molecule has 1 fully saturated rings. The van der Waals surface area contributed by atoms with Gasteiger partial charge in [-0.2, -0.15) is 0 Å². The highest BCUT2D eigenvalue weighted by atomic mass is 35.5. The summed E-state index contributed by atoms with van der Waals surface area (Å²) in [7, 11) is -0.507. The number of hydrogen-bond donors (Lipinski definition) is 1. The predicted octanol–water partition coefficient (Wildman–Crippen LogP) is 1.92. The lowest BCUT2D eigenvalue weighted by molar-refractivity contribution is 0.00578. The van der Waals surface area contributed by atoms with Crippen molar-refractivity contribution < 1.29 is 9.31 Å². The van der Waals surface area contributed by atoms with Gasteiger partial charge in [0.25, 0.3) is 0 Å². The van der Waals surface area contributed by atoms with Crippen molar-refractivity contribution in [1.82, 2.24) is 4.98 Å². The summed E-state index contributed by atoms with van der Waals surface area (Å²) in [6.07, 6.45) is 2.32. The van der Waals surface area contributed by atoms with Gasteiger partial charge >= 0.3 is 7.12 Å². The smallest absolute Gasteiger partial charge is 0.398 e. The van der Waals surface area contributed by atoms with E-state index in [1.165, 1.54) is 0 Å². The van der Waals surface area contributed by atoms with E-state index in [0.29, 0.717) is 11.4 Å². The van der Waals surface area contributed by atoms with E-state index in [9.17, 15) is 0 Å². The lowest BCUT2D eigenvalue weighted by Crippen LogP contribution is -2.41. The Labute approximate surface area is 126 Å². The third-order valence-electron chi connectivity index (χ3n) is 4.03. The molecule has 1 aliphatic heterocycles. The molecule has 0 saturated carbocycles. The summed E-state index contributed by atoms with van der Waals surface area (Å²) < 4.78 is 12.1. The van der Waals surface area contributed by atoms with Gasteiger partial charge < -0.3 is 15.0 Å². The van der Waals surface area contributed by atoms with Crippen molar-refractivity contribution in [3.05, 3.63) is 22.8 Å². The molecular weight excluding hydrogens is 274 g/mol. The maximum absolute atomic E-state index is 6.29. The summed E-state index contributed by atoms with van der Waals surface area (Å²) in [5.74, 6) is 0. The van der Waals surface area contributed by atoms with Crippen LogP contribution >= 0.6 is 11.6 Å². The van der Waals surface area contributed by atoms with Gasteiger partial charge in [-0.1, -0.05) is 11.6 Å². The topological polar surface area (TPSA) is 57.4 Å². The molecule has 0 aliphatic carbocycles. The van der Waals surface area contributed by atoms with Crippen molar-refractivity contribution in [1.29, 1.82) is 0 Å². The van der Waals surface area contributed by atoms with E-state index in [-0.39, 0.29) is 6.04 Å². The standard InChI is InChI=1S/C14H22BClN2O2/c1-9(17)8-10-11(16)6-7-18-12(10)15-19-13(2,3)14(4,5)20-15/h6-7,9H,8,17H2,1-5H3. The van der Waals surface area contributed by atoms with Gasteiger partial charge in [-0.3, -0.25) is 4.98 Å². The van der Waals surface area contributed by atoms with Crippen LogP contribution in [0, 0.1) is 0 Å². The first kappa shape index (κ1) is 15.8. The predicted molar refractivity (Wildman–Crippen MR) is 82.3 cm³/mol. The number of nitrogens with zero attached hydrogens (tertiary/aromatic N) is 1. The second-order valence-corrected chi connectivity index (χ2v) is 6.83. The number of hydrogen-bond acceptors (Lipinski definition) is 4. The Balaban J connectivity index is 2.37. The molecule has 1 aromatic rings. The maximum Gasteiger partial charge on any atom is 0.514 e. The zero-order valence-electron chi connectivity index (χ0n) is 12.7. The van der Waals surface area contributed by atoms with Gasteiger partial charge in [-0.05, 0) is 52.7 Å². The molecule has 20 heavy (non-hydrogen) atoms. The third kappa shape index (κ3) is 2.86. The van der Waals surface area contributed by atoms with Gasteiger partial charge in [0, 0.05) is 17.3 Å². The molecule has 0 bridgehead atoms. The zero-order chi connectivity index (χ0) is 15.1. The first-order valence-corrected chi connectivity index (χ1v) is 7.26. The van der Waals surface area contributed by atoms with E-state index < -0.39 is 18.3 Å². The van der Waals surface area contributed by atoms with E-state index >= 15 is 0 Å². The average molecular weight is 297 g/mol. The van der Waals surface area contributed by atoms with Gasteiger partial charge in [0.1, 0.15) is 0 Å². The van der Waals surface area contributed by atoms with Crippen LogP contribution in [-0.4, -0.2) is 29.3 Å². The van der Waals surface area contributed by atoms with E-state index in [1.54, 1.807) is 12.3 Å². The van der Waals surface area contributed by atoms with Crippen molar-refractivity contribution in [2.75, 3.05) is 0 Å². The van der Waals surface area contributed by atoms with Crippen LogP contribution in [0.2, 0.25) is 5.02 Å². The molecule has 0 amide bonds. The quantitative estimate of drug-likeness (QED) is 0.866. The average Bonchev–Trinajstić information content (AvgIpc) is 2.50. The molecule has 0 radical (unpaired) electrons. The molecule has 2 N–H and O–H groups in total. The molecule has 0 aromatic carbocycles. The summed E-state index contributed by atoms with van der Waals surface area (Å²) in [5, 5.41) is 0.655. The highest BCUT2D eigenvalue weighted by Gasteiger charge is 2.53. The Morgan fingerprint density at radius 2 is 1.85 bits per heavy atom. The molecule has 4 nitrogen and oxygen atoms in total. The second-order valence-electron chi connectivity index (χ2n) is 6.43. The Hall–Kier alpha value is -0.615. The van der Waals surface area contributed by atoms with Crippen molar-refractivity contribution in [2.45, 2.75) is 58.3 Å². The molecular formula is C14H22BClN2O2. The highest BCUT2D eigenvalue weighted by Crippen LogP contribution is 2.36. The summed E-state index contributed by atoms with van der Waals surface area (Å²) >= 11 is 6.29. The molecule has 0 spiro atoms. The summed E-state index contributed by atoms with van der Waals surface area (Å²) in [4.78, 5) is 4.42. The summed E-state index contributed by atoms with van der Waals surface area (Å²) in [6, 6.07) is 1.77. The van der Waals surface area contributed by atoms with E-state index in [0.717, 1.165) is 11.2 Å². The largest absolute Gasteiger partial charge is 0.514 e. The minimum absolute atomic E-state index is 0.00197. The van der Waals surface area contributed by atoms with Gasteiger partial charge in [0.15, 0.2) is 0 Å². The lowest BCUT2D eigenvalue weighted by atomic mass is 9.79. The fourth-order valence-electron chi connectivity index (χ4n) is 2.17. The fourth-order valence-corrected chi connectivity index (χ4v) is 2.40. The number of halogens is 1. The van der Waals surface area contributed by atoms with Crippen molar-refractivity contribution in [3.63, 3.8) is 0 Å². The molecule has 1 aliphatic rings. The SMILES string of the molecule is CC(N)Cc1c(Cl)ccnc1B1OC(C)(C)C(C)(C)O1. The molecule has 1 atom stereocenters. The highest BCUT2D eigenvalue weighted by molar-refractivity contribution is 6.62. The summed E-state index contributed by atoms with van der Waals surface area (Å²) in [5.41, 5.74) is 6.74.